The SMILES string of the molecule is CC1CC(CN)CN1Cc1csnn1. The summed E-state index contributed by atoms with van der Waals surface area (Å²) < 4.78 is 3.87. The normalized spacial score (nSPS) is 28.4. The lowest BCUT2D eigenvalue weighted by Gasteiger charge is -2.19. The fourth-order valence-electron chi connectivity index (χ4n) is 2.07. The third kappa shape index (κ3) is 2.10. The van der Waals surface area contributed by atoms with Crippen LogP contribution in [0.5, 0.6) is 0 Å². The molecule has 0 aromatic carbocycles. The van der Waals surface area contributed by atoms with Crippen LogP contribution in [0.4, 0.5) is 0 Å². The Morgan fingerprint density at radius 3 is 3.14 bits per heavy atom. The van der Waals surface area contributed by atoms with E-state index in [-0.39, 0.29) is 0 Å². The molecule has 0 aliphatic carbocycles. The van der Waals surface area contributed by atoms with Crippen LogP contribution in [-0.2, 0) is 6.54 Å². The van der Waals surface area contributed by atoms with Gasteiger partial charge in [-0.25, -0.2) is 0 Å². The van der Waals surface area contributed by atoms with E-state index in [0.717, 1.165) is 25.3 Å². The van der Waals surface area contributed by atoms with E-state index in [0.29, 0.717) is 12.0 Å². The summed E-state index contributed by atoms with van der Waals surface area (Å²) in [5, 5.41) is 6.08. The molecule has 2 rings (SSSR count). The molecular weight excluding hydrogens is 196 g/mol. The lowest BCUT2D eigenvalue weighted by Crippen LogP contribution is -2.27. The summed E-state index contributed by atoms with van der Waals surface area (Å²) in [6.45, 7) is 5.09. The van der Waals surface area contributed by atoms with E-state index in [1.807, 2.05) is 5.38 Å². The molecule has 5 heteroatoms. The van der Waals surface area contributed by atoms with Crippen molar-refractivity contribution in [3.63, 3.8) is 0 Å². The second kappa shape index (κ2) is 4.33. The Bertz CT molecular complexity index is 274. The monoisotopic (exact) mass is 212 g/mol. The van der Waals surface area contributed by atoms with Gasteiger partial charge in [-0.05, 0) is 37.3 Å². The molecule has 0 radical (unpaired) electrons. The summed E-state index contributed by atoms with van der Waals surface area (Å²) >= 11 is 1.42. The van der Waals surface area contributed by atoms with E-state index in [4.69, 9.17) is 5.73 Å². The fourth-order valence-corrected chi connectivity index (χ4v) is 2.51. The van der Waals surface area contributed by atoms with E-state index < -0.39 is 0 Å². The highest BCUT2D eigenvalue weighted by molar-refractivity contribution is 7.03. The minimum absolute atomic E-state index is 0.630. The van der Waals surface area contributed by atoms with E-state index in [1.54, 1.807) is 0 Å². The largest absolute Gasteiger partial charge is 0.330 e. The van der Waals surface area contributed by atoms with Crippen LogP contribution in [0.3, 0.4) is 0 Å². The van der Waals surface area contributed by atoms with Crippen LogP contribution in [-0.4, -0.2) is 33.6 Å². The van der Waals surface area contributed by atoms with Crippen molar-refractivity contribution in [3.8, 4) is 0 Å². The lowest BCUT2D eigenvalue weighted by molar-refractivity contribution is 0.253. The molecule has 1 saturated heterocycles. The van der Waals surface area contributed by atoms with Gasteiger partial charge in [-0.2, -0.15) is 0 Å². The smallest absolute Gasteiger partial charge is 0.0895 e. The first kappa shape index (κ1) is 10.0. The van der Waals surface area contributed by atoms with Gasteiger partial charge in [-0.1, -0.05) is 4.49 Å². The van der Waals surface area contributed by atoms with Crippen LogP contribution in [0.15, 0.2) is 5.38 Å². The first-order chi connectivity index (χ1) is 6.79. The van der Waals surface area contributed by atoms with Gasteiger partial charge in [0.15, 0.2) is 0 Å². The highest BCUT2D eigenvalue weighted by Gasteiger charge is 2.28. The average Bonchev–Trinajstić information content (AvgIpc) is 2.78. The number of aromatic nitrogens is 2. The van der Waals surface area contributed by atoms with Crippen molar-refractivity contribution in [1.29, 1.82) is 0 Å². The molecule has 2 N–H and O–H groups in total. The Hall–Kier alpha value is -0.520. The summed E-state index contributed by atoms with van der Waals surface area (Å²) in [5.74, 6) is 0.664. The zero-order chi connectivity index (χ0) is 9.97. The van der Waals surface area contributed by atoms with Gasteiger partial charge in [-0.15, -0.1) is 5.10 Å². The molecule has 2 unspecified atom stereocenters. The van der Waals surface area contributed by atoms with Gasteiger partial charge < -0.3 is 5.73 Å². The summed E-state index contributed by atoms with van der Waals surface area (Å²) in [4.78, 5) is 2.44. The predicted molar refractivity (Wildman–Crippen MR) is 56.9 cm³/mol. The highest BCUT2D eigenvalue weighted by atomic mass is 32.1. The Morgan fingerprint density at radius 2 is 2.57 bits per heavy atom. The van der Waals surface area contributed by atoms with Crippen molar-refractivity contribution < 1.29 is 0 Å². The van der Waals surface area contributed by atoms with E-state index in [2.05, 4.69) is 21.4 Å². The number of likely N-dealkylation sites (tertiary alicyclic amines) is 1. The fraction of sp³-hybridized carbons (Fsp3) is 0.778. The summed E-state index contributed by atoms with van der Waals surface area (Å²) in [7, 11) is 0. The van der Waals surface area contributed by atoms with Crippen molar-refractivity contribution in [2.45, 2.75) is 25.9 Å². The van der Waals surface area contributed by atoms with Crippen molar-refractivity contribution in [3.05, 3.63) is 11.1 Å². The minimum Gasteiger partial charge on any atom is -0.330 e. The molecule has 0 amide bonds. The van der Waals surface area contributed by atoms with Gasteiger partial charge in [0.1, 0.15) is 0 Å². The standard InChI is InChI=1S/C9H16N4S/c1-7-2-8(3-10)4-13(7)5-9-6-14-12-11-9/h6-8H,2-5,10H2,1H3. The maximum Gasteiger partial charge on any atom is 0.0895 e. The molecule has 0 spiro atoms. The minimum atomic E-state index is 0.630. The van der Waals surface area contributed by atoms with Crippen molar-refractivity contribution in [1.82, 2.24) is 14.5 Å². The number of nitrogens with two attached hydrogens (primary N) is 1. The van der Waals surface area contributed by atoms with Gasteiger partial charge in [0.25, 0.3) is 0 Å². The molecule has 78 valence electrons. The molecular formula is C9H16N4S. The lowest BCUT2D eigenvalue weighted by atomic mass is 10.1. The molecule has 1 aliphatic rings. The molecule has 1 fully saturated rings. The zero-order valence-corrected chi connectivity index (χ0v) is 9.20. The van der Waals surface area contributed by atoms with E-state index in [1.165, 1.54) is 18.0 Å². The third-order valence-corrected chi connectivity index (χ3v) is 3.45. The maximum absolute atomic E-state index is 5.68. The van der Waals surface area contributed by atoms with Crippen molar-refractivity contribution in [2.75, 3.05) is 13.1 Å². The van der Waals surface area contributed by atoms with Gasteiger partial charge in [0.2, 0.25) is 0 Å². The van der Waals surface area contributed by atoms with Crippen molar-refractivity contribution >= 4 is 11.5 Å². The highest BCUT2D eigenvalue weighted by Crippen LogP contribution is 2.23. The topological polar surface area (TPSA) is 55.0 Å². The van der Waals surface area contributed by atoms with Gasteiger partial charge in [0.05, 0.1) is 5.69 Å². The molecule has 2 heterocycles. The van der Waals surface area contributed by atoms with Crippen molar-refractivity contribution in [2.24, 2.45) is 11.7 Å². The number of hydrogen-bond acceptors (Lipinski definition) is 5. The molecule has 0 bridgehead atoms. The van der Waals surface area contributed by atoms with Crippen LogP contribution in [0.2, 0.25) is 0 Å². The Morgan fingerprint density at radius 1 is 1.71 bits per heavy atom. The molecule has 4 nitrogen and oxygen atoms in total. The Labute approximate surface area is 88.3 Å². The van der Waals surface area contributed by atoms with E-state index in [9.17, 15) is 0 Å². The zero-order valence-electron chi connectivity index (χ0n) is 8.39. The number of hydrogen-bond donors (Lipinski definition) is 1. The molecule has 1 aromatic heterocycles. The van der Waals surface area contributed by atoms with Crippen LogP contribution < -0.4 is 5.73 Å². The van der Waals surface area contributed by atoms with Crippen LogP contribution in [0.1, 0.15) is 19.0 Å². The Kier molecular flexibility index (Phi) is 3.10. The summed E-state index contributed by atoms with van der Waals surface area (Å²) in [6.07, 6.45) is 1.22. The van der Waals surface area contributed by atoms with Gasteiger partial charge in [-0.3, -0.25) is 4.90 Å². The third-order valence-electron chi connectivity index (χ3n) is 2.89. The first-order valence-electron chi connectivity index (χ1n) is 4.99. The molecule has 0 saturated carbocycles. The quantitative estimate of drug-likeness (QED) is 0.801. The maximum atomic E-state index is 5.68. The van der Waals surface area contributed by atoms with Crippen LogP contribution >= 0.6 is 11.5 Å². The second-order valence-corrected chi connectivity index (χ2v) is 4.62. The Balaban J connectivity index is 1.93. The van der Waals surface area contributed by atoms with Gasteiger partial charge in [0, 0.05) is 24.5 Å². The average molecular weight is 212 g/mol. The number of nitrogens with zero attached hydrogens (tertiary/aromatic N) is 3. The number of rotatable bonds is 3. The van der Waals surface area contributed by atoms with Crippen LogP contribution in [0, 0.1) is 5.92 Å². The predicted octanol–water partition coefficient (Wildman–Crippen LogP) is 0.707. The van der Waals surface area contributed by atoms with Gasteiger partial charge >= 0.3 is 0 Å². The second-order valence-electron chi connectivity index (χ2n) is 4.01. The molecule has 14 heavy (non-hydrogen) atoms. The van der Waals surface area contributed by atoms with Crippen LogP contribution in [0.25, 0.3) is 0 Å². The molecule has 1 aliphatic heterocycles. The van der Waals surface area contributed by atoms with E-state index >= 15 is 0 Å². The first-order valence-corrected chi connectivity index (χ1v) is 5.83. The molecule has 1 aromatic rings. The molecule has 2 atom stereocenters. The summed E-state index contributed by atoms with van der Waals surface area (Å²) in [5.41, 5.74) is 6.76. The summed E-state index contributed by atoms with van der Waals surface area (Å²) in [6, 6.07) is 0.630.